The molecule has 162 valence electrons. The van der Waals surface area contributed by atoms with Crippen LogP contribution in [0.4, 0.5) is 15.8 Å². The first-order chi connectivity index (χ1) is 14.7. The molecule has 0 aliphatic rings. The number of rotatable bonds is 7. The number of halogens is 2. The highest BCUT2D eigenvalue weighted by Crippen LogP contribution is 2.25. The van der Waals surface area contributed by atoms with Gasteiger partial charge in [0.15, 0.2) is 0 Å². The van der Waals surface area contributed by atoms with Crippen molar-refractivity contribution in [2.45, 2.75) is 18.7 Å². The van der Waals surface area contributed by atoms with Gasteiger partial charge in [-0.3, -0.25) is 9.52 Å². The molecular formula is C22H20ClFN2O4S. The monoisotopic (exact) mass is 462 g/mol. The molecule has 0 fully saturated rings. The molecule has 3 aromatic carbocycles. The fraction of sp³-hybridized carbons (Fsp3) is 0.136. The van der Waals surface area contributed by atoms with Crippen LogP contribution >= 0.6 is 11.6 Å². The first-order valence-corrected chi connectivity index (χ1v) is 11.2. The van der Waals surface area contributed by atoms with Crippen LogP contribution in [0.15, 0.2) is 65.6 Å². The molecule has 1 amide bonds. The lowest BCUT2D eigenvalue weighted by Gasteiger charge is -2.12. The van der Waals surface area contributed by atoms with Gasteiger partial charge in [0, 0.05) is 11.4 Å². The van der Waals surface area contributed by atoms with E-state index in [4.69, 9.17) is 16.3 Å². The maximum absolute atomic E-state index is 13.7. The second kappa shape index (κ2) is 9.36. The molecule has 0 atom stereocenters. The average Bonchev–Trinajstić information content (AvgIpc) is 2.72. The van der Waals surface area contributed by atoms with E-state index in [1.807, 2.05) is 6.92 Å². The van der Waals surface area contributed by atoms with E-state index < -0.39 is 21.7 Å². The van der Waals surface area contributed by atoms with E-state index in [-0.39, 0.29) is 21.2 Å². The molecule has 0 bridgehead atoms. The number of carbonyl (C=O) groups excluding carboxylic acids is 1. The van der Waals surface area contributed by atoms with E-state index in [0.717, 1.165) is 0 Å². The number of anilines is 2. The average molecular weight is 463 g/mol. The van der Waals surface area contributed by atoms with Crippen LogP contribution in [0.5, 0.6) is 5.75 Å². The summed E-state index contributed by atoms with van der Waals surface area (Å²) in [5.41, 5.74) is 0.936. The van der Waals surface area contributed by atoms with Crippen LogP contribution in [0, 0.1) is 12.7 Å². The van der Waals surface area contributed by atoms with Gasteiger partial charge in [0.05, 0.1) is 22.1 Å². The fourth-order valence-corrected chi connectivity index (χ4v) is 4.00. The first-order valence-electron chi connectivity index (χ1n) is 9.32. The molecular weight excluding hydrogens is 443 g/mol. The quantitative estimate of drug-likeness (QED) is 0.503. The summed E-state index contributed by atoms with van der Waals surface area (Å²) in [6.45, 7) is 3.94. The number of sulfonamides is 1. The second-order valence-corrected chi connectivity index (χ2v) is 8.71. The van der Waals surface area contributed by atoms with Gasteiger partial charge >= 0.3 is 0 Å². The molecule has 0 aliphatic heterocycles. The topological polar surface area (TPSA) is 84.5 Å². The first kappa shape index (κ1) is 22.6. The van der Waals surface area contributed by atoms with Gasteiger partial charge in [-0.2, -0.15) is 0 Å². The van der Waals surface area contributed by atoms with Gasteiger partial charge in [-0.05, 0) is 74.0 Å². The SMILES string of the molecule is CCOc1ccc(NS(=O)(=O)c2ccc(Cl)c(C(=O)Nc3ccc(C)c(F)c3)c2)cc1. The molecule has 0 heterocycles. The fourth-order valence-electron chi connectivity index (χ4n) is 2.71. The van der Waals surface area contributed by atoms with Crippen LogP contribution in [-0.4, -0.2) is 20.9 Å². The van der Waals surface area contributed by atoms with Crippen LogP contribution in [0.1, 0.15) is 22.8 Å². The predicted octanol–water partition coefficient (Wildman–Crippen LogP) is 5.24. The van der Waals surface area contributed by atoms with Crippen molar-refractivity contribution in [3.05, 3.63) is 82.6 Å². The number of nitrogens with one attached hydrogen (secondary N) is 2. The lowest BCUT2D eigenvalue weighted by molar-refractivity contribution is 0.102. The normalized spacial score (nSPS) is 11.1. The Morgan fingerprint density at radius 2 is 1.71 bits per heavy atom. The molecule has 0 saturated heterocycles. The smallest absolute Gasteiger partial charge is 0.261 e. The maximum atomic E-state index is 13.7. The number of benzene rings is 3. The van der Waals surface area contributed by atoms with Crippen molar-refractivity contribution in [2.75, 3.05) is 16.6 Å². The Hall–Kier alpha value is -3.10. The zero-order valence-corrected chi connectivity index (χ0v) is 18.4. The summed E-state index contributed by atoms with van der Waals surface area (Å²) in [5.74, 6) is -0.519. The van der Waals surface area contributed by atoms with E-state index in [0.29, 0.717) is 23.6 Å². The summed E-state index contributed by atoms with van der Waals surface area (Å²) < 4.78 is 47.1. The van der Waals surface area contributed by atoms with Crippen molar-refractivity contribution in [3.8, 4) is 5.75 Å². The number of amides is 1. The zero-order chi connectivity index (χ0) is 22.6. The molecule has 0 aromatic heterocycles. The number of hydrogen-bond donors (Lipinski definition) is 2. The Morgan fingerprint density at radius 1 is 1.03 bits per heavy atom. The van der Waals surface area contributed by atoms with Crippen molar-refractivity contribution in [2.24, 2.45) is 0 Å². The third kappa shape index (κ3) is 5.53. The van der Waals surface area contributed by atoms with Crippen molar-refractivity contribution in [1.82, 2.24) is 0 Å². The molecule has 3 aromatic rings. The van der Waals surface area contributed by atoms with Crippen LogP contribution in [0.2, 0.25) is 5.02 Å². The van der Waals surface area contributed by atoms with Gasteiger partial charge in [0.25, 0.3) is 15.9 Å². The van der Waals surface area contributed by atoms with Gasteiger partial charge in [-0.15, -0.1) is 0 Å². The van der Waals surface area contributed by atoms with E-state index in [1.54, 1.807) is 31.2 Å². The van der Waals surface area contributed by atoms with E-state index in [1.165, 1.54) is 36.4 Å². The number of carbonyl (C=O) groups is 1. The molecule has 3 rings (SSSR count). The summed E-state index contributed by atoms with van der Waals surface area (Å²) in [5, 5.41) is 2.58. The Kier molecular flexibility index (Phi) is 6.82. The molecule has 31 heavy (non-hydrogen) atoms. The molecule has 2 N–H and O–H groups in total. The van der Waals surface area contributed by atoms with Crippen molar-refractivity contribution >= 4 is 38.9 Å². The van der Waals surface area contributed by atoms with Crippen LogP contribution in [0.3, 0.4) is 0 Å². The Balaban J connectivity index is 1.83. The Labute approximate surface area is 185 Å². The molecule has 6 nitrogen and oxygen atoms in total. The van der Waals surface area contributed by atoms with Gasteiger partial charge < -0.3 is 10.1 Å². The van der Waals surface area contributed by atoms with Gasteiger partial charge in [-0.25, -0.2) is 12.8 Å². The molecule has 0 aliphatic carbocycles. The van der Waals surface area contributed by atoms with Crippen LogP contribution < -0.4 is 14.8 Å². The molecule has 0 unspecified atom stereocenters. The molecule has 9 heteroatoms. The van der Waals surface area contributed by atoms with E-state index in [9.17, 15) is 17.6 Å². The van der Waals surface area contributed by atoms with Crippen LogP contribution in [0.25, 0.3) is 0 Å². The molecule has 0 spiro atoms. The summed E-state index contributed by atoms with van der Waals surface area (Å²) in [6, 6.07) is 14.4. The highest BCUT2D eigenvalue weighted by atomic mass is 35.5. The maximum Gasteiger partial charge on any atom is 0.261 e. The number of hydrogen-bond acceptors (Lipinski definition) is 4. The van der Waals surface area contributed by atoms with E-state index in [2.05, 4.69) is 10.0 Å². The second-order valence-electron chi connectivity index (χ2n) is 6.62. The lowest BCUT2D eigenvalue weighted by Crippen LogP contribution is -2.16. The Bertz CT molecular complexity index is 1210. The number of ether oxygens (including phenoxy) is 1. The highest BCUT2D eigenvalue weighted by Gasteiger charge is 2.19. The van der Waals surface area contributed by atoms with Gasteiger partial charge in [0.1, 0.15) is 11.6 Å². The predicted molar refractivity (Wildman–Crippen MR) is 119 cm³/mol. The zero-order valence-electron chi connectivity index (χ0n) is 16.8. The Morgan fingerprint density at radius 3 is 2.35 bits per heavy atom. The van der Waals surface area contributed by atoms with Crippen molar-refractivity contribution in [3.63, 3.8) is 0 Å². The van der Waals surface area contributed by atoms with E-state index >= 15 is 0 Å². The highest BCUT2D eigenvalue weighted by molar-refractivity contribution is 7.92. The minimum Gasteiger partial charge on any atom is -0.494 e. The van der Waals surface area contributed by atoms with Gasteiger partial charge in [-0.1, -0.05) is 17.7 Å². The van der Waals surface area contributed by atoms with Crippen LogP contribution in [-0.2, 0) is 10.0 Å². The summed E-state index contributed by atoms with van der Waals surface area (Å²) in [4.78, 5) is 12.5. The summed E-state index contributed by atoms with van der Waals surface area (Å²) >= 11 is 6.11. The minimum atomic E-state index is -3.99. The number of aryl methyl sites for hydroxylation is 1. The van der Waals surface area contributed by atoms with Gasteiger partial charge in [0.2, 0.25) is 0 Å². The summed E-state index contributed by atoms with van der Waals surface area (Å²) in [6.07, 6.45) is 0. The molecule has 0 saturated carbocycles. The third-order valence-corrected chi connectivity index (χ3v) is 6.05. The molecule has 0 radical (unpaired) electrons. The van der Waals surface area contributed by atoms with Crippen molar-refractivity contribution < 1.29 is 22.3 Å². The summed E-state index contributed by atoms with van der Waals surface area (Å²) in [7, 11) is -3.99. The largest absolute Gasteiger partial charge is 0.494 e. The minimum absolute atomic E-state index is 0.0581. The van der Waals surface area contributed by atoms with Crippen molar-refractivity contribution in [1.29, 1.82) is 0 Å². The third-order valence-electron chi connectivity index (χ3n) is 4.34. The lowest BCUT2D eigenvalue weighted by atomic mass is 10.2. The standard InChI is InChI=1S/C22H20ClFN2O4S/c1-3-30-17-8-6-15(7-9-17)26-31(28,29)18-10-11-20(23)19(13-18)22(27)25-16-5-4-14(2)21(24)12-16/h4-13,26H,3H2,1-2H3,(H,25,27).